The zero-order chi connectivity index (χ0) is 22.4. The minimum atomic E-state index is -3.42. The third-order valence-electron chi connectivity index (χ3n) is 5.60. The lowest BCUT2D eigenvalue weighted by atomic mass is 10.1. The predicted octanol–water partition coefficient (Wildman–Crippen LogP) is 1.75. The number of carbonyl (C=O) groups is 2. The second-order valence-electron chi connectivity index (χ2n) is 7.43. The maximum absolute atomic E-state index is 13.2. The molecule has 0 saturated carbocycles. The maximum atomic E-state index is 13.2. The Balaban J connectivity index is 1.74. The summed E-state index contributed by atoms with van der Waals surface area (Å²) in [6.45, 7) is 6.25. The summed E-state index contributed by atoms with van der Waals surface area (Å²) >= 11 is 0. The number of sulfone groups is 1. The number of nitrogens with zero attached hydrogens (tertiary/aromatic N) is 3. The Morgan fingerprint density at radius 3 is 2.39 bits per heavy atom. The van der Waals surface area contributed by atoms with Crippen LogP contribution in [0.1, 0.15) is 24.4 Å². The molecule has 3 rings (SSSR count). The van der Waals surface area contributed by atoms with Crippen molar-refractivity contribution in [2.24, 2.45) is 0 Å². The molecular formula is C22H29N3O5S. The van der Waals surface area contributed by atoms with E-state index < -0.39 is 15.9 Å². The smallest absolute Gasteiger partial charge is 0.290 e. The SMILES string of the molecule is CCN(CC)C(=O)C1CN(CCS(=O)(=O)c2ccccc2)CCN1C(=O)c1ccco1. The Kier molecular flexibility index (Phi) is 7.50. The van der Waals surface area contributed by atoms with E-state index >= 15 is 0 Å². The second-order valence-corrected chi connectivity index (χ2v) is 9.54. The van der Waals surface area contributed by atoms with Gasteiger partial charge in [0.2, 0.25) is 5.91 Å². The maximum Gasteiger partial charge on any atom is 0.290 e. The van der Waals surface area contributed by atoms with Gasteiger partial charge in [0.25, 0.3) is 5.91 Å². The van der Waals surface area contributed by atoms with Crippen molar-refractivity contribution in [3.05, 3.63) is 54.5 Å². The number of benzene rings is 1. The van der Waals surface area contributed by atoms with Crippen LogP contribution in [-0.4, -0.2) is 86.0 Å². The topological polar surface area (TPSA) is 91.1 Å². The van der Waals surface area contributed by atoms with Gasteiger partial charge in [-0.25, -0.2) is 8.42 Å². The van der Waals surface area contributed by atoms with Crippen molar-refractivity contribution in [3.63, 3.8) is 0 Å². The molecule has 168 valence electrons. The Bertz CT molecular complexity index is 972. The molecular weight excluding hydrogens is 418 g/mol. The molecule has 9 heteroatoms. The van der Waals surface area contributed by atoms with Crippen LogP contribution in [0.4, 0.5) is 0 Å². The van der Waals surface area contributed by atoms with E-state index in [4.69, 9.17) is 4.42 Å². The molecule has 31 heavy (non-hydrogen) atoms. The monoisotopic (exact) mass is 447 g/mol. The Morgan fingerprint density at radius 2 is 1.77 bits per heavy atom. The first-order valence-corrected chi connectivity index (χ1v) is 12.2. The molecule has 1 aromatic carbocycles. The third kappa shape index (κ3) is 5.34. The first kappa shape index (κ1) is 23.0. The molecule has 2 heterocycles. The fraction of sp³-hybridized carbons (Fsp3) is 0.455. The summed E-state index contributed by atoms with van der Waals surface area (Å²) in [7, 11) is -3.42. The minimum Gasteiger partial charge on any atom is -0.459 e. The molecule has 1 fully saturated rings. The predicted molar refractivity (Wildman–Crippen MR) is 116 cm³/mol. The standard InChI is InChI=1S/C22H29N3O5S/c1-3-24(4-2)21(26)19-17-23(12-13-25(19)22(27)20-11-8-15-30-20)14-16-31(28,29)18-9-6-5-7-10-18/h5-11,15,19H,3-4,12-14,16-17H2,1-2H3. The van der Waals surface area contributed by atoms with Crippen LogP contribution >= 0.6 is 0 Å². The molecule has 1 aliphatic heterocycles. The normalized spacial score (nSPS) is 17.5. The molecule has 1 saturated heterocycles. The Hall–Kier alpha value is -2.65. The zero-order valence-corrected chi connectivity index (χ0v) is 18.8. The van der Waals surface area contributed by atoms with Crippen LogP contribution in [0.25, 0.3) is 0 Å². The molecule has 1 unspecified atom stereocenters. The highest BCUT2D eigenvalue weighted by atomic mass is 32.2. The quantitative estimate of drug-likeness (QED) is 0.612. The Morgan fingerprint density at radius 1 is 1.06 bits per heavy atom. The van der Waals surface area contributed by atoms with Crippen molar-refractivity contribution >= 4 is 21.7 Å². The van der Waals surface area contributed by atoms with E-state index in [0.717, 1.165) is 0 Å². The molecule has 0 aliphatic carbocycles. The lowest BCUT2D eigenvalue weighted by Gasteiger charge is -2.41. The van der Waals surface area contributed by atoms with Crippen LogP contribution in [0.5, 0.6) is 0 Å². The highest BCUT2D eigenvalue weighted by Crippen LogP contribution is 2.18. The molecule has 1 aliphatic rings. The number of piperazine rings is 1. The number of amides is 2. The van der Waals surface area contributed by atoms with Gasteiger partial charge < -0.3 is 14.2 Å². The van der Waals surface area contributed by atoms with E-state index in [9.17, 15) is 18.0 Å². The van der Waals surface area contributed by atoms with Gasteiger partial charge >= 0.3 is 0 Å². The van der Waals surface area contributed by atoms with E-state index in [-0.39, 0.29) is 34.8 Å². The van der Waals surface area contributed by atoms with E-state index in [1.807, 2.05) is 18.7 Å². The fourth-order valence-electron chi connectivity index (χ4n) is 3.78. The van der Waals surface area contributed by atoms with Crippen molar-refractivity contribution in [2.45, 2.75) is 24.8 Å². The van der Waals surface area contributed by atoms with Crippen molar-refractivity contribution < 1.29 is 22.4 Å². The summed E-state index contributed by atoms with van der Waals surface area (Å²) in [6, 6.07) is 10.9. The molecule has 2 amide bonds. The summed E-state index contributed by atoms with van der Waals surface area (Å²) in [4.78, 5) is 31.6. The largest absolute Gasteiger partial charge is 0.459 e. The van der Waals surface area contributed by atoms with Crippen molar-refractivity contribution in [1.82, 2.24) is 14.7 Å². The summed E-state index contributed by atoms with van der Waals surface area (Å²) in [5, 5.41) is 0. The fourth-order valence-corrected chi connectivity index (χ4v) is 5.09. The second kappa shape index (κ2) is 10.1. The van der Waals surface area contributed by atoms with Crippen molar-refractivity contribution in [2.75, 3.05) is 45.0 Å². The number of hydrogen-bond acceptors (Lipinski definition) is 6. The molecule has 0 radical (unpaired) electrons. The highest BCUT2D eigenvalue weighted by Gasteiger charge is 2.38. The molecule has 0 N–H and O–H groups in total. The number of hydrogen-bond donors (Lipinski definition) is 0. The van der Waals surface area contributed by atoms with Crippen LogP contribution < -0.4 is 0 Å². The van der Waals surface area contributed by atoms with Gasteiger partial charge in [0.1, 0.15) is 6.04 Å². The molecule has 2 aromatic rings. The van der Waals surface area contributed by atoms with Gasteiger partial charge in [0.15, 0.2) is 15.6 Å². The average Bonchev–Trinajstić information content (AvgIpc) is 3.33. The lowest BCUT2D eigenvalue weighted by molar-refractivity contribution is -0.137. The van der Waals surface area contributed by atoms with Gasteiger partial charge in [-0.1, -0.05) is 18.2 Å². The van der Waals surface area contributed by atoms with Gasteiger partial charge in [-0.2, -0.15) is 0 Å². The number of rotatable bonds is 8. The first-order valence-electron chi connectivity index (χ1n) is 10.5. The van der Waals surface area contributed by atoms with E-state index in [1.54, 1.807) is 52.3 Å². The van der Waals surface area contributed by atoms with Gasteiger partial charge in [0.05, 0.1) is 16.9 Å². The minimum absolute atomic E-state index is 0.0463. The van der Waals surface area contributed by atoms with E-state index in [2.05, 4.69) is 0 Å². The van der Waals surface area contributed by atoms with Crippen LogP contribution in [0.15, 0.2) is 58.0 Å². The molecule has 0 bridgehead atoms. The average molecular weight is 448 g/mol. The summed E-state index contributed by atoms with van der Waals surface area (Å²) in [5.74, 6) is -0.319. The molecule has 1 aromatic heterocycles. The summed E-state index contributed by atoms with van der Waals surface area (Å²) in [6.07, 6.45) is 1.43. The zero-order valence-electron chi connectivity index (χ0n) is 17.9. The van der Waals surface area contributed by atoms with Crippen LogP contribution in [0.3, 0.4) is 0 Å². The highest BCUT2D eigenvalue weighted by molar-refractivity contribution is 7.91. The molecule has 0 spiro atoms. The molecule has 8 nitrogen and oxygen atoms in total. The van der Waals surface area contributed by atoms with Crippen LogP contribution in [0.2, 0.25) is 0 Å². The van der Waals surface area contributed by atoms with Crippen LogP contribution in [-0.2, 0) is 14.6 Å². The van der Waals surface area contributed by atoms with E-state index in [0.29, 0.717) is 32.7 Å². The molecule has 1 atom stereocenters. The lowest BCUT2D eigenvalue weighted by Crippen LogP contribution is -2.61. The van der Waals surface area contributed by atoms with Crippen LogP contribution in [0, 0.1) is 0 Å². The van der Waals surface area contributed by atoms with Gasteiger partial charge in [0, 0.05) is 39.3 Å². The van der Waals surface area contributed by atoms with Gasteiger partial charge in [-0.3, -0.25) is 14.5 Å². The Labute approximate surface area is 183 Å². The third-order valence-corrected chi connectivity index (χ3v) is 7.31. The number of likely N-dealkylation sites (N-methyl/N-ethyl adjacent to an activating group) is 1. The number of furan rings is 1. The first-order chi connectivity index (χ1) is 14.9. The van der Waals surface area contributed by atoms with Crippen molar-refractivity contribution in [1.29, 1.82) is 0 Å². The van der Waals surface area contributed by atoms with E-state index in [1.165, 1.54) is 6.26 Å². The van der Waals surface area contributed by atoms with Crippen molar-refractivity contribution in [3.8, 4) is 0 Å². The summed E-state index contributed by atoms with van der Waals surface area (Å²) < 4.78 is 30.5. The summed E-state index contributed by atoms with van der Waals surface area (Å²) in [5.41, 5.74) is 0. The van der Waals surface area contributed by atoms with Gasteiger partial charge in [-0.05, 0) is 38.1 Å². The van der Waals surface area contributed by atoms with Gasteiger partial charge in [-0.15, -0.1) is 0 Å². The number of carbonyl (C=O) groups excluding carboxylic acids is 2.